The van der Waals surface area contributed by atoms with Crippen LogP contribution in [0.5, 0.6) is 11.5 Å². The highest BCUT2D eigenvalue weighted by Crippen LogP contribution is 2.49. The summed E-state index contributed by atoms with van der Waals surface area (Å²) in [4.78, 5) is 0. The van der Waals surface area contributed by atoms with Gasteiger partial charge in [-0.25, -0.2) is 0 Å². The average molecular weight is 434 g/mol. The Bertz CT molecular complexity index is 1940. The fourth-order valence-electron chi connectivity index (χ4n) is 5.57. The number of hydrogen-bond donors (Lipinski definition) is 0. The lowest BCUT2D eigenvalue weighted by Crippen LogP contribution is -1.97. The third kappa shape index (κ3) is 2.35. The predicted molar refractivity (Wildman–Crippen MR) is 140 cm³/mol. The van der Waals surface area contributed by atoms with Crippen molar-refractivity contribution in [2.75, 3.05) is 0 Å². The van der Waals surface area contributed by atoms with Crippen LogP contribution in [-0.4, -0.2) is 0 Å². The smallest absolute Gasteiger partial charge is 0.136 e. The van der Waals surface area contributed by atoms with Crippen LogP contribution in [0.4, 0.5) is 0 Å². The summed E-state index contributed by atoms with van der Waals surface area (Å²) in [6.45, 7) is 0. The van der Waals surface area contributed by atoms with Gasteiger partial charge in [-0.2, -0.15) is 0 Å². The Labute approximate surface area is 195 Å². The van der Waals surface area contributed by atoms with E-state index in [0.717, 1.165) is 33.6 Å². The molecule has 158 valence electrons. The van der Waals surface area contributed by atoms with E-state index in [4.69, 9.17) is 9.15 Å². The molecule has 1 aromatic heterocycles. The van der Waals surface area contributed by atoms with E-state index >= 15 is 0 Å². The molecular formula is C32H18O2. The molecule has 0 atom stereocenters. The van der Waals surface area contributed by atoms with Crippen LogP contribution >= 0.6 is 0 Å². The van der Waals surface area contributed by atoms with Crippen LogP contribution in [-0.2, 0) is 0 Å². The van der Waals surface area contributed by atoms with Gasteiger partial charge in [-0.15, -0.1) is 0 Å². The van der Waals surface area contributed by atoms with E-state index in [1.807, 2.05) is 12.1 Å². The first-order valence-corrected chi connectivity index (χ1v) is 11.5. The van der Waals surface area contributed by atoms with E-state index < -0.39 is 0 Å². The average Bonchev–Trinajstić information content (AvgIpc) is 3.28. The van der Waals surface area contributed by atoms with Crippen LogP contribution in [0, 0.1) is 0 Å². The van der Waals surface area contributed by atoms with E-state index in [-0.39, 0.29) is 0 Å². The molecule has 34 heavy (non-hydrogen) atoms. The summed E-state index contributed by atoms with van der Waals surface area (Å²) >= 11 is 0. The molecule has 0 fully saturated rings. The van der Waals surface area contributed by atoms with Crippen molar-refractivity contribution in [1.29, 1.82) is 0 Å². The Balaban J connectivity index is 1.52. The summed E-state index contributed by atoms with van der Waals surface area (Å²) in [7, 11) is 0. The fourth-order valence-corrected chi connectivity index (χ4v) is 5.57. The fraction of sp³-hybridized carbons (Fsp3) is 0. The lowest BCUT2D eigenvalue weighted by atomic mass is 9.89. The first-order valence-electron chi connectivity index (χ1n) is 11.5. The van der Waals surface area contributed by atoms with Crippen LogP contribution in [0.2, 0.25) is 0 Å². The maximum Gasteiger partial charge on any atom is 0.136 e. The van der Waals surface area contributed by atoms with Crippen molar-refractivity contribution in [3.05, 3.63) is 109 Å². The molecule has 2 heteroatoms. The van der Waals surface area contributed by atoms with Crippen molar-refractivity contribution in [3.63, 3.8) is 0 Å². The normalized spacial score (nSPS) is 12.4. The van der Waals surface area contributed by atoms with Crippen molar-refractivity contribution < 1.29 is 9.15 Å². The third-order valence-electron chi connectivity index (χ3n) is 7.03. The van der Waals surface area contributed by atoms with Crippen molar-refractivity contribution in [2.45, 2.75) is 0 Å². The van der Waals surface area contributed by atoms with Gasteiger partial charge in [0.1, 0.15) is 22.7 Å². The second-order valence-corrected chi connectivity index (χ2v) is 8.92. The van der Waals surface area contributed by atoms with Crippen LogP contribution in [0.25, 0.3) is 65.7 Å². The molecule has 0 saturated heterocycles. The molecule has 6 aromatic carbocycles. The Morgan fingerprint density at radius 2 is 1.21 bits per heavy atom. The number of furan rings is 1. The highest BCUT2D eigenvalue weighted by Gasteiger charge is 2.22. The Morgan fingerprint density at radius 1 is 0.441 bits per heavy atom. The highest BCUT2D eigenvalue weighted by atomic mass is 16.5. The summed E-state index contributed by atoms with van der Waals surface area (Å²) < 4.78 is 12.6. The van der Waals surface area contributed by atoms with Gasteiger partial charge in [-0.1, -0.05) is 72.8 Å². The van der Waals surface area contributed by atoms with Crippen LogP contribution in [0.1, 0.15) is 0 Å². The molecule has 0 N–H and O–H groups in total. The number of hydrogen-bond acceptors (Lipinski definition) is 2. The molecule has 0 radical (unpaired) electrons. The van der Waals surface area contributed by atoms with Gasteiger partial charge in [-0.05, 0) is 69.2 Å². The number of fused-ring (bicyclic) bond motifs is 7. The van der Waals surface area contributed by atoms with Gasteiger partial charge >= 0.3 is 0 Å². The number of ether oxygens (including phenoxy) is 1. The second kappa shape index (κ2) is 6.49. The van der Waals surface area contributed by atoms with E-state index in [9.17, 15) is 0 Å². The minimum atomic E-state index is 0.901. The topological polar surface area (TPSA) is 22.4 Å². The van der Waals surface area contributed by atoms with Gasteiger partial charge in [-0.3, -0.25) is 0 Å². The molecule has 0 amide bonds. The van der Waals surface area contributed by atoms with Crippen molar-refractivity contribution >= 4 is 43.5 Å². The van der Waals surface area contributed by atoms with Gasteiger partial charge in [0.15, 0.2) is 0 Å². The summed E-state index contributed by atoms with van der Waals surface area (Å²) in [6, 6.07) is 38.3. The lowest BCUT2D eigenvalue weighted by Gasteiger charge is -2.22. The molecule has 1 aliphatic rings. The van der Waals surface area contributed by atoms with Gasteiger partial charge in [0, 0.05) is 21.7 Å². The van der Waals surface area contributed by atoms with E-state index in [1.165, 1.54) is 43.6 Å². The van der Waals surface area contributed by atoms with Crippen LogP contribution in [0.3, 0.4) is 0 Å². The zero-order chi connectivity index (χ0) is 22.2. The molecule has 0 unspecified atom stereocenters. The molecule has 0 aliphatic carbocycles. The summed E-state index contributed by atoms with van der Waals surface area (Å²) in [5.41, 5.74) is 6.53. The Hall–Kier alpha value is -4.56. The quantitative estimate of drug-likeness (QED) is 0.257. The predicted octanol–water partition coefficient (Wildman–Crippen LogP) is 9.33. The molecule has 0 spiro atoms. The van der Waals surface area contributed by atoms with Gasteiger partial charge in [0.2, 0.25) is 0 Å². The van der Waals surface area contributed by atoms with Gasteiger partial charge in [0.25, 0.3) is 0 Å². The highest BCUT2D eigenvalue weighted by molar-refractivity contribution is 6.23. The first kappa shape index (κ1) is 17.9. The minimum Gasteiger partial charge on any atom is -0.456 e. The largest absolute Gasteiger partial charge is 0.456 e. The van der Waals surface area contributed by atoms with Gasteiger partial charge in [0.05, 0.1) is 0 Å². The standard InChI is InChI=1S/C32H18O2/c1-2-9-22-19(7-1)15-16-29-31(22)32-23(11-6-14-28(32)34-29)21-17-20-8-5-13-27-30(20)25(18-21)24-10-3-4-12-26(24)33-27/h1-18H. The molecule has 8 rings (SSSR count). The molecular weight excluding hydrogens is 416 g/mol. The third-order valence-corrected chi connectivity index (χ3v) is 7.03. The van der Waals surface area contributed by atoms with E-state index in [2.05, 4.69) is 97.1 Å². The summed E-state index contributed by atoms with van der Waals surface area (Å²) in [5, 5.41) is 7.12. The lowest BCUT2D eigenvalue weighted by molar-refractivity contribution is 0.487. The zero-order valence-corrected chi connectivity index (χ0v) is 18.2. The van der Waals surface area contributed by atoms with Gasteiger partial charge < -0.3 is 9.15 Å². The SMILES string of the molecule is c1ccc2c(c1)Oc1cccc3cc(-c4cccc5oc6ccc7ccccc7c6c45)cc-2c13. The van der Waals surface area contributed by atoms with E-state index in [1.54, 1.807) is 0 Å². The van der Waals surface area contributed by atoms with Crippen LogP contribution < -0.4 is 4.74 Å². The van der Waals surface area contributed by atoms with E-state index in [0.29, 0.717) is 0 Å². The molecule has 0 saturated carbocycles. The zero-order valence-electron chi connectivity index (χ0n) is 18.2. The molecule has 2 heterocycles. The number of benzene rings is 6. The maximum absolute atomic E-state index is 6.33. The number of rotatable bonds is 1. The maximum atomic E-state index is 6.33. The molecule has 7 aromatic rings. The monoisotopic (exact) mass is 434 g/mol. The molecule has 1 aliphatic heterocycles. The van der Waals surface area contributed by atoms with Crippen molar-refractivity contribution in [1.82, 2.24) is 0 Å². The first-order chi connectivity index (χ1) is 16.8. The Morgan fingerprint density at radius 3 is 2.21 bits per heavy atom. The van der Waals surface area contributed by atoms with Crippen LogP contribution in [0.15, 0.2) is 114 Å². The Kier molecular flexibility index (Phi) is 3.42. The second-order valence-electron chi connectivity index (χ2n) is 8.92. The summed E-state index contributed by atoms with van der Waals surface area (Å²) in [6.07, 6.45) is 0. The molecule has 0 bridgehead atoms. The minimum absolute atomic E-state index is 0.901. The molecule has 2 nitrogen and oxygen atoms in total. The number of para-hydroxylation sites is 1. The van der Waals surface area contributed by atoms with Crippen molar-refractivity contribution in [2.24, 2.45) is 0 Å². The summed E-state index contributed by atoms with van der Waals surface area (Å²) in [5.74, 6) is 1.81. The van der Waals surface area contributed by atoms with Crippen molar-refractivity contribution in [3.8, 4) is 33.8 Å².